The Balaban J connectivity index is 1.69. The topological polar surface area (TPSA) is 78.9 Å². The van der Waals surface area contributed by atoms with Crippen LogP contribution in [0.2, 0.25) is 0 Å². The van der Waals surface area contributed by atoms with Crippen LogP contribution in [-0.4, -0.2) is 41.1 Å². The van der Waals surface area contributed by atoms with Gasteiger partial charge in [0.1, 0.15) is 6.17 Å². The molecule has 0 aliphatic carbocycles. The molecule has 26 heavy (non-hydrogen) atoms. The van der Waals surface area contributed by atoms with Gasteiger partial charge in [0.15, 0.2) is 0 Å². The lowest BCUT2D eigenvalue weighted by Gasteiger charge is -2.39. The minimum atomic E-state index is -0.967. The summed E-state index contributed by atoms with van der Waals surface area (Å²) in [7, 11) is 0. The summed E-state index contributed by atoms with van der Waals surface area (Å²) in [6.07, 6.45) is 1.63. The predicted octanol–water partition coefficient (Wildman–Crippen LogP) is 3.13. The molecule has 134 valence electrons. The maximum Gasteiger partial charge on any atom is 0.335 e. The summed E-state index contributed by atoms with van der Waals surface area (Å²) < 4.78 is 5.73. The maximum absolute atomic E-state index is 13.1. The quantitative estimate of drug-likeness (QED) is 0.884. The van der Waals surface area contributed by atoms with Crippen molar-refractivity contribution in [1.82, 2.24) is 4.90 Å². The zero-order valence-corrected chi connectivity index (χ0v) is 14.2. The van der Waals surface area contributed by atoms with Gasteiger partial charge in [-0.2, -0.15) is 0 Å². The summed E-state index contributed by atoms with van der Waals surface area (Å²) in [5.74, 6) is -1.01. The second-order valence-corrected chi connectivity index (χ2v) is 6.61. The number of carboxylic acids is 1. The van der Waals surface area contributed by atoms with Crippen LogP contribution in [0.3, 0.4) is 0 Å². The van der Waals surface area contributed by atoms with Gasteiger partial charge in [0, 0.05) is 18.8 Å². The van der Waals surface area contributed by atoms with Gasteiger partial charge >= 0.3 is 5.97 Å². The average molecular weight is 352 g/mol. The first kappa shape index (κ1) is 16.6. The van der Waals surface area contributed by atoms with Crippen LogP contribution in [0.25, 0.3) is 0 Å². The van der Waals surface area contributed by atoms with Crippen LogP contribution in [0.15, 0.2) is 48.5 Å². The first-order valence-corrected chi connectivity index (χ1v) is 8.75. The van der Waals surface area contributed by atoms with E-state index >= 15 is 0 Å². The maximum atomic E-state index is 13.1. The number of anilines is 1. The Morgan fingerprint density at radius 1 is 1.19 bits per heavy atom. The van der Waals surface area contributed by atoms with E-state index in [1.807, 2.05) is 24.3 Å². The van der Waals surface area contributed by atoms with E-state index in [0.717, 1.165) is 30.7 Å². The van der Waals surface area contributed by atoms with Crippen molar-refractivity contribution in [2.75, 3.05) is 18.5 Å². The molecule has 0 spiro atoms. The van der Waals surface area contributed by atoms with Crippen molar-refractivity contribution >= 4 is 17.6 Å². The second kappa shape index (κ2) is 6.80. The van der Waals surface area contributed by atoms with E-state index < -0.39 is 5.97 Å². The molecule has 2 atom stereocenters. The SMILES string of the molecule is O=C(O)c1ccc([C@@H]2Nc3ccccc3C(=O)N2C[C@H]2CCCO2)cc1. The third-order valence-corrected chi connectivity index (χ3v) is 4.92. The molecule has 1 amide bonds. The molecule has 2 aromatic carbocycles. The molecule has 6 heteroatoms. The fourth-order valence-electron chi connectivity index (χ4n) is 3.56. The minimum Gasteiger partial charge on any atom is -0.478 e. The Hall–Kier alpha value is -2.86. The Labute approximate surface area is 151 Å². The van der Waals surface area contributed by atoms with E-state index in [1.54, 1.807) is 29.2 Å². The van der Waals surface area contributed by atoms with Crippen molar-refractivity contribution < 1.29 is 19.4 Å². The Bertz CT molecular complexity index is 828. The number of hydrogen-bond donors (Lipinski definition) is 2. The van der Waals surface area contributed by atoms with Crippen molar-refractivity contribution in [3.05, 3.63) is 65.2 Å². The number of fused-ring (bicyclic) bond motifs is 1. The molecule has 0 bridgehead atoms. The minimum absolute atomic E-state index is 0.0341. The van der Waals surface area contributed by atoms with Gasteiger partial charge in [-0.25, -0.2) is 4.79 Å². The molecule has 2 aliphatic rings. The van der Waals surface area contributed by atoms with Crippen LogP contribution >= 0.6 is 0 Å². The lowest BCUT2D eigenvalue weighted by Crippen LogP contribution is -2.46. The van der Waals surface area contributed by atoms with Crippen LogP contribution < -0.4 is 5.32 Å². The van der Waals surface area contributed by atoms with Gasteiger partial charge in [0.05, 0.1) is 17.2 Å². The number of benzene rings is 2. The van der Waals surface area contributed by atoms with Gasteiger partial charge < -0.3 is 20.1 Å². The molecular weight excluding hydrogens is 332 g/mol. The summed E-state index contributed by atoms with van der Waals surface area (Å²) in [5.41, 5.74) is 2.50. The highest BCUT2D eigenvalue weighted by Gasteiger charge is 2.35. The lowest BCUT2D eigenvalue weighted by atomic mass is 10.0. The van der Waals surface area contributed by atoms with Crippen molar-refractivity contribution in [3.8, 4) is 0 Å². The third kappa shape index (κ3) is 3.04. The normalized spacial score (nSPS) is 22.0. The first-order chi connectivity index (χ1) is 12.6. The largest absolute Gasteiger partial charge is 0.478 e. The van der Waals surface area contributed by atoms with Crippen LogP contribution in [0.4, 0.5) is 5.69 Å². The van der Waals surface area contributed by atoms with Gasteiger partial charge in [-0.3, -0.25) is 4.79 Å². The molecule has 0 aromatic heterocycles. The fourth-order valence-corrected chi connectivity index (χ4v) is 3.56. The smallest absolute Gasteiger partial charge is 0.335 e. The summed E-state index contributed by atoms with van der Waals surface area (Å²) in [6.45, 7) is 1.24. The number of carbonyl (C=O) groups is 2. The number of aromatic carboxylic acids is 1. The molecule has 2 N–H and O–H groups in total. The number of amides is 1. The number of nitrogens with one attached hydrogen (secondary N) is 1. The second-order valence-electron chi connectivity index (χ2n) is 6.61. The van der Waals surface area contributed by atoms with Crippen molar-refractivity contribution in [2.24, 2.45) is 0 Å². The molecule has 1 saturated heterocycles. The Morgan fingerprint density at radius 2 is 1.96 bits per heavy atom. The van der Waals surface area contributed by atoms with Crippen LogP contribution in [0.1, 0.15) is 45.3 Å². The Kier molecular flexibility index (Phi) is 4.34. The van der Waals surface area contributed by atoms with E-state index in [9.17, 15) is 9.59 Å². The molecule has 4 rings (SSSR count). The number of ether oxygens (including phenoxy) is 1. The molecule has 2 aromatic rings. The number of carboxylic acid groups (broad SMARTS) is 1. The Morgan fingerprint density at radius 3 is 2.65 bits per heavy atom. The zero-order chi connectivity index (χ0) is 18.1. The summed E-state index contributed by atoms with van der Waals surface area (Å²) in [6, 6.07) is 14.1. The number of rotatable bonds is 4. The molecule has 1 fully saturated rings. The third-order valence-electron chi connectivity index (χ3n) is 4.92. The van der Waals surface area contributed by atoms with Gasteiger partial charge in [0.25, 0.3) is 5.91 Å². The zero-order valence-electron chi connectivity index (χ0n) is 14.2. The van der Waals surface area contributed by atoms with Crippen LogP contribution in [0.5, 0.6) is 0 Å². The molecule has 2 heterocycles. The highest BCUT2D eigenvalue weighted by molar-refractivity contribution is 6.01. The molecule has 0 saturated carbocycles. The van der Waals surface area contributed by atoms with E-state index in [0.29, 0.717) is 12.1 Å². The van der Waals surface area contributed by atoms with Gasteiger partial charge in [0.2, 0.25) is 0 Å². The molecular formula is C20H20N2O4. The summed E-state index contributed by atoms with van der Waals surface area (Å²) >= 11 is 0. The predicted molar refractivity (Wildman–Crippen MR) is 96.2 cm³/mol. The van der Waals surface area contributed by atoms with E-state index in [-0.39, 0.29) is 23.7 Å². The highest BCUT2D eigenvalue weighted by atomic mass is 16.5. The van der Waals surface area contributed by atoms with Crippen molar-refractivity contribution in [3.63, 3.8) is 0 Å². The van der Waals surface area contributed by atoms with E-state index in [4.69, 9.17) is 9.84 Å². The summed E-state index contributed by atoms with van der Waals surface area (Å²) in [4.78, 5) is 26.0. The van der Waals surface area contributed by atoms with Gasteiger partial charge in [-0.05, 0) is 42.7 Å². The fraction of sp³-hybridized carbons (Fsp3) is 0.300. The monoisotopic (exact) mass is 352 g/mol. The van der Waals surface area contributed by atoms with Gasteiger partial charge in [-0.15, -0.1) is 0 Å². The van der Waals surface area contributed by atoms with Crippen LogP contribution in [0, 0.1) is 0 Å². The van der Waals surface area contributed by atoms with E-state index in [2.05, 4.69) is 5.32 Å². The number of hydrogen-bond acceptors (Lipinski definition) is 4. The highest BCUT2D eigenvalue weighted by Crippen LogP contribution is 2.34. The number of carbonyl (C=O) groups excluding carboxylic acids is 1. The van der Waals surface area contributed by atoms with Crippen LogP contribution in [-0.2, 0) is 4.74 Å². The molecule has 6 nitrogen and oxygen atoms in total. The molecule has 0 radical (unpaired) electrons. The molecule has 2 aliphatic heterocycles. The van der Waals surface area contributed by atoms with Crippen molar-refractivity contribution in [2.45, 2.75) is 25.1 Å². The summed E-state index contributed by atoms with van der Waals surface area (Å²) in [5, 5.41) is 12.5. The number of para-hydroxylation sites is 1. The first-order valence-electron chi connectivity index (χ1n) is 8.75. The standard InChI is InChI=1S/C20H20N2O4/c23-19-16-5-1-2-6-17(16)21-18(22(19)12-15-4-3-11-26-15)13-7-9-14(10-8-13)20(24)25/h1-2,5-10,15,18,21H,3-4,11-12H2,(H,24,25)/t15-,18-/m1/s1. The lowest BCUT2D eigenvalue weighted by molar-refractivity contribution is 0.0426. The molecule has 0 unspecified atom stereocenters. The van der Waals surface area contributed by atoms with E-state index in [1.165, 1.54) is 0 Å². The van der Waals surface area contributed by atoms with Crippen molar-refractivity contribution in [1.29, 1.82) is 0 Å². The van der Waals surface area contributed by atoms with Gasteiger partial charge in [-0.1, -0.05) is 24.3 Å². The number of nitrogens with zero attached hydrogens (tertiary/aromatic N) is 1. The average Bonchev–Trinajstić information content (AvgIpc) is 3.17.